The Morgan fingerprint density at radius 3 is 2.54 bits per heavy atom. The third-order valence-corrected chi connectivity index (χ3v) is 7.61. The Morgan fingerprint density at radius 2 is 1.93 bits per heavy atom. The van der Waals surface area contributed by atoms with Crippen LogP contribution in [0.15, 0.2) is 24.5 Å². The molecule has 148 valence electrons. The second kappa shape index (κ2) is 6.88. The quantitative estimate of drug-likeness (QED) is 0.776. The number of fused-ring (bicyclic) bond motifs is 3. The maximum atomic E-state index is 9.65. The van der Waals surface area contributed by atoms with Gasteiger partial charge in [-0.05, 0) is 68.3 Å². The van der Waals surface area contributed by atoms with Crippen LogP contribution in [0.2, 0.25) is 6.32 Å². The third-order valence-electron chi connectivity index (χ3n) is 7.61. The van der Waals surface area contributed by atoms with Crippen molar-refractivity contribution in [2.24, 2.45) is 11.3 Å². The number of hydrogen-bond donors (Lipinski definition) is 2. The molecule has 2 aliphatic heterocycles. The Balaban J connectivity index is 1.46. The Kier molecular flexibility index (Phi) is 4.47. The van der Waals surface area contributed by atoms with Gasteiger partial charge < -0.3 is 19.7 Å². The molecule has 3 fully saturated rings. The summed E-state index contributed by atoms with van der Waals surface area (Å²) in [4.78, 5) is 11.7. The number of piperidine rings is 1. The molecule has 1 saturated carbocycles. The van der Waals surface area contributed by atoms with E-state index in [1.807, 2.05) is 12.1 Å². The van der Waals surface area contributed by atoms with Gasteiger partial charge in [0, 0.05) is 17.5 Å². The Bertz CT molecular complexity index is 859. The van der Waals surface area contributed by atoms with Crippen LogP contribution >= 0.6 is 0 Å². The maximum absolute atomic E-state index is 9.65. The smallest absolute Gasteiger partial charge is 0.451 e. The summed E-state index contributed by atoms with van der Waals surface area (Å²) in [5, 5.41) is 20.3. The van der Waals surface area contributed by atoms with Crippen LogP contribution in [0, 0.1) is 11.3 Å². The SMILES string of the molecule is COc1cccc2c(N3C4CCC3CC(C3(CB(O)O)CCC3)C4)ncnc12. The number of benzene rings is 1. The second-order valence-corrected chi connectivity index (χ2v) is 8.91. The van der Waals surface area contributed by atoms with Gasteiger partial charge in [0.1, 0.15) is 23.4 Å². The van der Waals surface area contributed by atoms with Crippen LogP contribution in [-0.4, -0.2) is 46.3 Å². The topological polar surface area (TPSA) is 78.7 Å². The number of methoxy groups -OCH3 is 1. The molecule has 1 aliphatic carbocycles. The van der Waals surface area contributed by atoms with E-state index in [2.05, 4.69) is 16.0 Å². The summed E-state index contributed by atoms with van der Waals surface area (Å²) in [5.74, 6) is 2.40. The molecule has 5 rings (SSSR count). The number of ether oxygens (including phenoxy) is 1. The van der Waals surface area contributed by atoms with Crippen molar-refractivity contribution in [3.05, 3.63) is 24.5 Å². The molecule has 2 bridgehead atoms. The van der Waals surface area contributed by atoms with E-state index in [1.165, 1.54) is 19.3 Å². The van der Waals surface area contributed by atoms with Crippen molar-refractivity contribution in [3.63, 3.8) is 0 Å². The van der Waals surface area contributed by atoms with Gasteiger partial charge in [0.05, 0.1) is 7.11 Å². The van der Waals surface area contributed by atoms with Crippen molar-refractivity contribution in [2.75, 3.05) is 12.0 Å². The molecule has 2 saturated heterocycles. The molecular formula is C21H28BN3O3. The van der Waals surface area contributed by atoms with Crippen LogP contribution in [0.25, 0.3) is 10.9 Å². The molecule has 1 aromatic carbocycles. The fourth-order valence-electron chi connectivity index (χ4n) is 6.21. The summed E-state index contributed by atoms with van der Waals surface area (Å²) < 4.78 is 5.50. The molecule has 2 unspecified atom stereocenters. The van der Waals surface area contributed by atoms with Gasteiger partial charge in [-0.1, -0.05) is 12.5 Å². The molecule has 2 aromatic rings. The molecule has 7 heteroatoms. The first-order chi connectivity index (χ1) is 13.6. The average molecular weight is 381 g/mol. The minimum absolute atomic E-state index is 0.137. The molecule has 28 heavy (non-hydrogen) atoms. The highest BCUT2D eigenvalue weighted by molar-refractivity contribution is 6.41. The van der Waals surface area contributed by atoms with Gasteiger partial charge in [-0.25, -0.2) is 9.97 Å². The maximum Gasteiger partial charge on any atom is 0.451 e. The van der Waals surface area contributed by atoms with Crippen LogP contribution < -0.4 is 9.64 Å². The molecule has 1 aromatic heterocycles. The summed E-state index contributed by atoms with van der Waals surface area (Å²) in [7, 11) is 0.494. The minimum atomic E-state index is -1.19. The number of aromatic nitrogens is 2. The van der Waals surface area contributed by atoms with Gasteiger partial charge in [0.2, 0.25) is 0 Å². The van der Waals surface area contributed by atoms with Crippen molar-refractivity contribution in [1.29, 1.82) is 0 Å². The monoisotopic (exact) mass is 381 g/mol. The van der Waals surface area contributed by atoms with Crippen LogP contribution in [0.4, 0.5) is 5.82 Å². The molecule has 0 radical (unpaired) electrons. The van der Waals surface area contributed by atoms with Crippen molar-refractivity contribution >= 4 is 23.8 Å². The number of rotatable bonds is 5. The molecule has 6 nitrogen and oxygen atoms in total. The molecule has 3 aliphatic rings. The van der Waals surface area contributed by atoms with Gasteiger partial charge in [-0.2, -0.15) is 0 Å². The molecule has 0 amide bonds. The summed E-state index contributed by atoms with van der Waals surface area (Å²) >= 11 is 0. The predicted molar refractivity (Wildman–Crippen MR) is 109 cm³/mol. The van der Waals surface area contributed by atoms with Crippen LogP contribution in [0.1, 0.15) is 44.9 Å². The molecule has 2 atom stereocenters. The van der Waals surface area contributed by atoms with E-state index in [9.17, 15) is 10.0 Å². The predicted octanol–water partition coefficient (Wildman–Crippen LogP) is 3.03. The lowest BCUT2D eigenvalue weighted by Crippen LogP contribution is -2.51. The summed E-state index contributed by atoms with van der Waals surface area (Å²) in [5.41, 5.74) is 1.01. The number of anilines is 1. The van der Waals surface area contributed by atoms with E-state index in [0.717, 1.165) is 48.2 Å². The zero-order valence-electron chi connectivity index (χ0n) is 16.4. The van der Waals surface area contributed by atoms with E-state index in [-0.39, 0.29) is 5.41 Å². The van der Waals surface area contributed by atoms with E-state index in [1.54, 1.807) is 13.4 Å². The van der Waals surface area contributed by atoms with Gasteiger partial charge in [-0.3, -0.25) is 0 Å². The fourth-order valence-corrected chi connectivity index (χ4v) is 6.21. The zero-order valence-corrected chi connectivity index (χ0v) is 16.4. The molecular weight excluding hydrogens is 353 g/mol. The standard InChI is InChI=1S/C21H28BN3O3/c1-28-18-5-2-4-17-19(18)23-13-24-20(17)25-15-6-7-16(25)11-14(10-15)21(8-3-9-21)12-22(26)27/h2,4-5,13-16,26-27H,3,6-12H2,1H3. The first-order valence-electron chi connectivity index (χ1n) is 10.5. The van der Waals surface area contributed by atoms with Crippen molar-refractivity contribution in [2.45, 2.75) is 63.3 Å². The average Bonchev–Trinajstić information content (AvgIpc) is 2.92. The number of hydrogen-bond acceptors (Lipinski definition) is 6. The van der Waals surface area contributed by atoms with Gasteiger partial charge in [0.25, 0.3) is 0 Å². The van der Waals surface area contributed by atoms with Crippen molar-refractivity contribution in [1.82, 2.24) is 9.97 Å². The van der Waals surface area contributed by atoms with Crippen molar-refractivity contribution < 1.29 is 14.8 Å². The Labute approximate surface area is 166 Å². The first kappa shape index (κ1) is 18.2. The Morgan fingerprint density at radius 1 is 1.18 bits per heavy atom. The number of nitrogens with zero attached hydrogens (tertiary/aromatic N) is 3. The lowest BCUT2D eigenvalue weighted by Gasteiger charge is -2.53. The van der Waals surface area contributed by atoms with Crippen molar-refractivity contribution in [3.8, 4) is 5.75 Å². The lowest BCUT2D eigenvalue weighted by molar-refractivity contribution is 0.0377. The van der Waals surface area contributed by atoms with E-state index >= 15 is 0 Å². The van der Waals surface area contributed by atoms with Crippen LogP contribution in [0.5, 0.6) is 5.75 Å². The molecule has 2 N–H and O–H groups in total. The third kappa shape index (κ3) is 2.79. The highest BCUT2D eigenvalue weighted by Gasteiger charge is 2.52. The van der Waals surface area contributed by atoms with Crippen LogP contribution in [-0.2, 0) is 0 Å². The van der Waals surface area contributed by atoms with E-state index in [4.69, 9.17) is 9.72 Å². The van der Waals surface area contributed by atoms with E-state index in [0.29, 0.717) is 24.3 Å². The van der Waals surface area contributed by atoms with Gasteiger partial charge in [0.15, 0.2) is 0 Å². The Hall–Kier alpha value is -1.86. The fraction of sp³-hybridized carbons (Fsp3) is 0.619. The first-order valence-corrected chi connectivity index (χ1v) is 10.5. The molecule has 0 spiro atoms. The summed E-state index contributed by atoms with van der Waals surface area (Å²) in [6.45, 7) is 0. The minimum Gasteiger partial charge on any atom is -0.494 e. The van der Waals surface area contributed by atoms with Gasteiger partial charge in [-0.15, -0.1) is 0 Å². The molecule has 3 heterocycles. The zero-order chi connectivity index (χ0) is 19.3. The summed E-state index contributed by atoms with van der Waals surface area (Å²) in [6.07, 6.45) is 10.3. The second-order valence-electron chi connectivity index (χ2n) is 8.91. The van der Waals surface area contributed by atoms with E-state index < -0.39 is 7.12 Å². The van der Waals surface area contributed by atoms with Crippen LogP contribution in [0.3, 0.4) is 0 Å². The highest BCUT2D eigenvalue weighted by atomic mass is 16.5. The lowest BCUT2D eigenvalue weighted by atomic mass is 9.50. The summed E-state index contributed by atoms with van der Waals surface area (Å²) in [6, 6.07) is 6.99. The highest BCUT2D eigenvalue weighted by Crippen LogP contribution is 2.57. The van der Waals surface area contributed by atoms with Gasteiger partial charge >= 0.3 is 7.12 Å². The largest absolute Gasteiger partial charge is 0.494 e. The normalized spacial score (nSPS) is 28.2. The number of para-hydroxylation sites is 1.